The normalized spacial score (nSPS) is 10.4. The number of hydrogen-bond donors (Lipinski definition) is 1. The van der Waals surface area contributed by atoms with Crippen molar-refractivity contribution in [3.63, 3.8) is 0 Å². The molecular weight excluding hydrogens is 240 g/mol. The van der Waals surface area contributed by atoms with Gasteiger partial charge >= 0.3 is 0 Å². The summed E-state index contributed by atoms with van der Waals surface area (Å²) in [5, 5.41) is 7.22. The third-order valence-electron chi connectivity index (χ3n) is 2.30. The number of benzene rings is 1. The lowest BCUT2D eigenvalue weighted by Crippen LogP contribution is -2.01. The lowest BCUT2D eigenvalue weighted by atomic mass is 10.2. The summed E-state index contributed by atoms with van der Waals surface area (Å²) in [7, 11) is 0. The van der Waals surface area contributed by atoms with Crippen molar-refractivity contribution in [3.05, 3.63) is 44.9 Å². The first-order valence-electron chi connectivity index (χ1n) is 5.07. The molecule has 0 fully saturated rings. The summed E-state index contributed by atoms with van der Waals surface area (Å²) in [6.45, 7) is 4.77. The zero-order chi connectivity index (χ0) is 11.5. The van der Waals surface area contributed by atoms with Crippen LogP contribution in [-0.4, -0.2) is 4.98 Å². The molecular formula is C12H13ClN2S. The van der Waals surface area contributed by atoms with Crippen molar-refractivity contribution in [3.8, 4) is 0 Å². The second-order valence-electron chi connectivity index (χ2n) is 3.67. The van der Waals surface area contributed by atoms with E-state index in [1.807, 2.05) is 32.0 Å². The fraction of sp³-hybridized carbons (Fsp3) is 0.250. The van der Waals surface area contributed by atoms with E-state index in [0.717, 1.165) is 33.5 Å². The Morgan fingerprint density at radius 1 is 1.38 bits per heavy atom. The number of aryl methyl sites for hydroxylation is 2. The largest absolute Gasteiger partial charge is 0.377 e. The number of hydrogen-bond acceptors (Lipinski definition) is 3. The average Bonchev–Trinajstić information content (AvgIpc) is 2.63. The summed E-state index contributed by atoms with van der Waals surface area (Å²) < 4.78 is 0. The average molecular weight is 253 g/mol. The molecule has 1 N–H and O–H groups in total. The van der Waals surface area contributed by atoms with Crippen molar-refractivity contribution in [1.82, 2.24) is 4.98 Å². The first kappa shape index (κ1) is 11.4. The lowest BCUT2D eigenvalue weighted by Gasteiger charge is -2.09. The van der Waals surface area contributed by atoms with E-state index in [2.05, 4.69) is 15.7 Å². The Bertz CT molecular complexity index is 473. The van der Waals surface area contributed by atoms with Crippen molar-refractivity contribution in [2.24, 2.45) is 0 Å². The maximum atomic E-state index is 6.12. The zero-order valence-electron chi connectivity index (χ0n) is 9.25. The Hall–Kier alpha value is -1.06. The van der Waals surface area contributed by atoms with E-state index in [1.165, 1.54) is 0 Å². The number of thiazole rings is 1. The smallest absolute Gasteiger partial charge is 0.112 e. The molecule has 16 heavy (non-hydrogen) atoms. The molecule has 84 valence electrons. The maximum Gasteiger partial charge on any atom is 0.112 e. The van der Waals surface area contributed by atoms with Crippen LogP contribution in [0.25, 0.3) is 0 Å². The zero-order valence-corrected chi connectivity index (χ0v) is 10.8. The summed E-state index contributed by atoms with van der Waals surface area (Å²) in [5.74, 6) is 0. The van der Waals surface area contributed by atoms with Crippen LogP contribution in [-0.2, 0) is 6.54 Å². The monoisotopic (exact) mass is 252 g/mol. The number of nitrogens with one attached hydrogen (secondary N) is 1. The van der Waals surface area contributed by atoms with Crippen LogP contribution in [0, 0.1) is 13.8 Å². The highest BCUT2D eigenvalue weighted by atomic mass is 35.5. The van der Waals surface area contributed by atoms with E-state index in [1.54, 1.807) is 11.3 Å². The van der Waals surface area contributed by atoms with Gasteiger partial charge in [0.1, 0.15) is 5.01 Å². The third-order valence-corrected chi connectivity index (χ3v) is 3.59. The summed E-state index contributed by atoms with van der Waals surface area (Å²) >= 11 is 7.79. The van der Waals surface area contributed by atoms with Gasteiger partial charge in [-0.15, -0.1) is 11.3 Å². The van der Waals surface area contributed by atoms with Gasteiger partial charge in [0, 0.05) is 11.1 Å². The molecule has 2 rings (SSSR count). The van der Waals surface area contributed by atoms with E-state index < -0.39 is 0 Å². The standard InChI is InChI=1S/C12H13ClN2S/c1-8-4-3-5-10(13)12(8)14-6-11-15-9(2)7-16-11/h3-5,7,14H,6H2,1-2H3. The molecule has 0 saturated carbocycles. The van der Waals surface area contributed by atoms with Crippen LogP contribution < -0.4 is 5.32 Å². The minimum absolute atomic E-state index is 0.725. The molecule has 1 aromatic carbocycles. The molecule has 1 aromatic heterocycles. The van der Waals surface area contributed by atoms with Gasteiger partial charge in [0.2, 0.25) is 0 Å². The number of halogens is 1. The predicted octanol–water partition coefficient (Wildman–Crippen LogP) is 4.03. The van der Waals surface area contributed by atoms with Gasteiger partial charge in [0.15, 0.2) is 0 Å². The van der Waals surface area contributed by atoms with Crippen molar-refractivity contribution in [2.75, 3.05) is 5.32 Å². The van der Waals surface area contributed by atoms with Gasteiger partial charge in [-0.1, -0.05) is 23.7 Å². The van der Waals surface area contributed by atoms with Gasteiger partial charge in [-0.25, -0.2) is 4.98 Å². The predicted molar refractivity (Wildman–Crippen MR) is 70.4 cm³/mol. The highest BCUT2D eigenvalue weighted by Crippen LogP contribution is 2.26. The number of nitrogens with zero attached hydrogens (tertiary/aromatic N) is 1. The molecule has 0 bridgehead atoms. The van der Waals surface area contributed by atoms with Crippen LogP contribution in [0.1, 0.15) is 16.3 Å². The quantitative estimate of drug-likeness (QED) is 0.892. The second kappa shape index (κ2) is 4.85. The van der Waals surface area contributed by atoms with Crippen LogP contribution in [0.4, 0.5) is 5.69 Å². The van der Waals surface area contributed by atoms with Crippen LogP contribution >= 0.6 is 22.9 Å². The molecule has 0 aliphatic heterocycles. The second-order valence-corrected chi connectivity index (χ2v) is 5.02. The number of para-hydroxylation sites is 1. The van der Waals surface area contributed by atoms with Crippen molar-refractivity contribution in [1.29, 1.82) is 0 Å². The molecule has 2 nitrogen and oxygen atoms in total. The molecule has 0 amide bonds. The van der Waals surface area contributed by atoms with Crippen LogP contribution in [0.3, 0.4) is 0 Å². The van der Waals surface area contributed by atoms with Gasteiger partial charge in [-0.05, 0) is 25.5 Å². The van der Waals surface area contributed by atoms with E-state index >= 15 is 0 Å². The van der Waals surface area contributed by atoms with Crippen LogP contribution in [0.15, 0.2) is 23.6 Å². The Morgan fingerprint density at radius 2 is 2.19 bits per heavy atom. The number of aromatic nitrogens is 1. The fourth-order valence-corrected chi connectivity index (χ4v) is 2.50. The molecule has 4 heteroatoms. The van der Waals surface area contributed by atoms with E-state index in [9.17, 15) is 0 Å². The summed E-state index contributed by atoms with van der Waals surface area (Å²) in [5.41, 5.74) is 3.22. The molecule has 2 aromatic rings. The highest BCUT2D eigenvalue weighted by molar-refractivity contribution is 7.09. The third kappa shape index (κ3) is 2.54. The molecule has 0 unspecified atom stereocenters. The molecule has 0 saturated heterocycles. The number of rotatable bonds is 3. The Kier molecular flexibility index (Phi) is 3.46. The summed E-state index contributed by atoms with van der Waals surface area (Å²) in [6, 6.07) is 5.89. The minimum Gasteiger partial charge on any atom is -0.377 e. The molecule has 1 heterocycles. The van der Waals surface area contributed by atoms with Gasteiger partial charge in [0.25, 0.3) is 0 Å². The van der Waals surface area contributed by atoms with Crippen molar-refractivity contribution < 1.29 is 0 Å². The topological polar surface area (TPSA) is 24.9 Å². The summed E-state index contributed by atoms with van der Waals surface area (Å²) in [4.78, 5) is 4.40. The first-order valence-corrected chi connectivity index (χ1v) is 6.32. The highest BCUT2D eigenvalue weighted by Gasteiger charge is 2.04. The fourth-order valence-electron chi connectivity index (χ4n) is 1.50. The van der Waals surface area contributed by atoms with E-state index in [0.29, 0.717) is 0 Å². The van der Waals surface area contributed by atoms with Crippen LogP contribution in [0.2, 0.25) is 5.02 Å². The first-order chi connectivity index (χ1) is 7.66. The van der Waals surface area contributed by atoms with Crippen molar-refractivity contribution in [2.45, 2.75) is 20.4 Å². The lowest BCUT2D eigenvalue weighted by molar-refractivity contribution is 1.07. The Balaban J connectivity index is 2.10. The van der Waals surface area contributed by atoms with Gasteiger partial charge < -0.3 is 5.32 Å². The molecule has 0 spiro atoms. The molecule has 0 aliphatic carbocycles. The van der Waals surface area contributed by atoms with Crippen LogP contribution in [0.5, 0.6) is 0 Å². The minimum atomic E-state index is 0.725. The molecule has 0 atom stereocenters. The van der Waals surface area contributed by atoms with E-state index in [-0.39, 0.29) is 0 Å². The van der Waals surface area contributed by atoms with E-state index in [4.69, 9.17) is 11.6 Å². The van der Waals surface area contributed by atoms with Crippen molar-refractivity contribution >= 4 is 28.6 Å². The Morgan fingerprint density at radius 3 is 2.81 bits per heavy atom. The van der Waals surface area contributed by atoms with Gasteiger partial charge in [-0.3, -0.25) is 0 Å². The maximum absolute atomic E-state index is 6.12. The van der Waals surface area contributed by atoms with Gasteiger partial charge in [0.05, 0.1) is 17.3 Å². The molecule has 0 aliphatic rings. The number of anilines is 1. The summed E-state index contributed by atoms with van der Waals surface area (Å²) in [6.07, 6.45) is 0. The Labute approximate surface area is 104 Å². The molecule has 0 radical (unpaired) electrons. The van der Waals surface area contributed by atoms with Gasteiger partial charge in [-0.2, -0.15) is 0 Å². The SMILES string of the molecule is Cc1csc(CNc2c(C)cccc2Cl)n1.